The van der Waals surface area contributed by atoms with Crippen molar-refractivity contribution < 1.29 is 0 Å². The molecule has 2 N–H and O–H groups in total. The number of benzene rings is 2. The van der Waals surface area contributed by atoms with E-state index in [-0.39, 0.29) is 0 Å². The minimum Gasteiger partial charge on any atom is -0.352 e. The van der Waals surface area contributed by atoms with Crippen LogP contribution in [0.3, 0.4) is 0 Å². The van der Waals surface area contributed by atoms with E-state index >= 15 is 0 Å². The first-order chi connectivity index (χ1) is 14.1. The first-order valence-electron chi connectivity index (χ1n) is 10.3. The fourth-order valence-corrected chi connectivity index (χ4v) is 3.60. The Hall–Kier alpha value is -2.08. The Balaban J connectivity index is 1.44. The summed E-state index contributed by atoms with van der Waals surface area (Å²) in [6.45, 7) is 7.18. The second-order valence-electron chi connectivity index (χ2n) is 7.66. The number of rotatable bonds is 6. The standard InChI is InChI=1S/C23H32ClN5/c1-25-23(27-17-20-8-10-22(24)11-9-20)26-16-19-4-6-21(7-5-19)18-29-13-3-12-28(2)14-15-29/h4-11H,3,12-18H2,1-2H3,(H2,25,26,27). The van der Waals surface area contributed by atoms with E-state index in [0.29, 0.717) is 6.54 Å². The second kappa shape index (κ2) is 11.2. The Morgan fingerprint density at radius 3 is 2.07 bits per heavy atom. The Labute approximate surface area is 179 Å². The number of guanidine groups is 1. The van der Waals surface area contributed by atoms with Crippen LogP contribution in [-0.2, 0) is 19.6 Å². The van der Waals surface area contributed by atoms with E-state index in [1.54, 1.807) is 7.05 Å². The predicted molar refractivity (Wildman–Crippen MR) is 122 cm³/mol. The number of hydrogen-bond acceptors (Lipinski definition) is 3. The third-order valence-corrected chi connectivity index (χ3v) is 5.55. The van der Waals surface area contributed by atoms with E-state index in [0.717, 1.165) is 37.2 Å². The van der Waals surface area contributed by atoms with Crippen LogP contribution in [0, 0.1) is 0 Å². The quantitative estimate of drug-likeness (QED) is 0.563. The molecule has 0 spiro atoms. The Kier molecular flexibility index (Phi) is 8.35. The highest BCUT2D eigenvalue weighted by molar-refractivity contribution is 6.30. The molecule has 2 aromatic carbocycles. The summed E-state index contributed by atoms with van der Waals surface area (Å²) >= 11 is 5.94. The molecule has 5 nitrogen and oxygen atoms in total. The second-order valence-corrected chi connectivity index (χ2v) is 8.09. The molecule has 0 radical (unpaired) electrons. The molecule has 1 heterocycles. The SMILES string of the molecule is CN=C(NCc1ccc(Cl)cc1)NCc1ccc(CN2CCCN(C)CC2)cc1. The summed E-state index contributed by atoms with van der Waals surface area (Å²) in [4.78, 5) is 9.28. The van der Waals surface area contributed by atoms with Crippen LogP contribution in [0.5, 0.6) is 0 Å². The van der Waals surface area contributed by atoms with Gasteiger partial charge in [-0.3, -0.25) is 9.89 Å². The van der Waals surface area contributed by atoms with E-state index in [9.17, 15) is 0 Å². The van der Waals surface area contributed by atoms with Crippen LogP contribution in [0.4, 0.5) is 0 Å². The monoisotopic (exact) mass is 413 g/mol. The molecule has 0 bridgehead atoms. The van der Waals surface area contributed by atoms with E-state index in [4.69, 9.17) is 11.6 Å². The first-order valence-corrected chi connectivity index (χ1v) is 10.7. The summed E-state index contributed by atoms with van der Waals surface area (Å²) < 4.78 is 0. The van der Waals surface area contributed by atoms with Gasteiger partial charge in [0, 0.05) is 44.8 Å². The van der Waals surface area contributed by atoms with Crippen molar-refractivity contribution in [1.82, 2.24) is 20.4 Å². The third-order valence-electron chi connectivity index (χ3n) is 5.30. The van der Waals surface area contributed by atoms with Crippen molar-refractivity contribution in [1.29, 1.82) is 0 Å². The van der Waals surface area contributed by atoms with Gasteiger partial charge in [0.1, 0.15) is 0 Å². The number of nitrogens with zero attached hydrogens (tertiary/aromatic N) is 3. The van der Waals surface area contributed by atoms with Crippen LogP contribution in [0.15, 0.2) is 53.5 Å². The minimum atomic E-state index is 0.709. The third kappa shape index (κ3) is 7.35. The van der Waals surface area contributed by atoms with Crippen LogP contribution in [-0.4, -0.2) is 56.0 Å². The topological polar surface area (TPSA) is 42.9 Å². The zero-order valence-corrected chi connectivity index (χ0v) is 18.3. The molecule has 1 fully saturated rings. The lowest BCUT2D eigenvalue weighted by Gasteiger charge is -2.20. The fraction of sp³-hybridized carbons (Fsp3) is 0.435. The molecule has 0 aromatic heterocycles. The number of nitrogens with one attached hydrogen (secondary N) is 2. The number of halogens is 1. The molecule has 3 rings (SSSR count). The molecule has 156 valence electrons. The molecule has 29 heavy (non-hydrogen) atoms. The normalized spacial score (nSPS) is 16.4. The van der Waals surface area contributed by atoms with E-state index < -0.39 is 0 Å². The Morgan fingerprint density at radius 2 is 1.45 bits per heavy atom. The van der Waals surface area contributed by atoms with E-state index in [1.807, 2.05) is 24.3 Å². The zero-order chi connectivity index (χ0) is 20.5. The van der Waals surface area contributed by atoms with Crippen molar-refractivity contribution in [3.8, 4) is 0 Å². The fourth-order valence-electron chi connectivity index (χ4n) is 3.47. The van der Waals surface area contributed by atoms with Crippen molar-refractivity contribution in [2.24, 2.45) is 4.99 Å². The maximum atomic E-state index is 5.94. The molecular weight excluding hydrogens is 382 g/mol. The predicted octanol–water partition coefficient (Wildman–Crippen LogP) is 3.34. The van der Waals surface area contributed by atoms with Gasteiger partial charge in [-0.05, 0) is 55.4 Å². The average Bonchev–Trinajstić information content (AvgIpc) is 2.94. The number of aliphatic imine (C=N–C) groups is 1. The van der Waals surface area contributed by atoms with Gasteiger partial charge in [-0.25, -0.2) is 0 Å². The van der Waals surface area contributed by atoms with Gasteiger partial charge in [0.2, 0.25) is 0 Å². The molecule has 0 atom stereocenters. The lowest BCUT2D eigenvalue weighted by molar-refractivity contribution is 0.269. The van der Waals surface area contributed by atoms with Crippen LogP contribution < -0.4 is 10.6 Å². The van der Waals surface area contributed by atoms with Crippen LogP contribution >= 0.6 is 11.6 Å². The first kappa shape index (κ1) is 21.6. The lowest BCUT2D eigenvalue weighted by atomic mass is 10.1. The summed E-state index contributed by atoms with van der Waals surface area (Å²) in [5.41, 5.74) is 3.80. The van der Waals surface area contributed by atoms with Crippen molar-refractivity contribution >= 4 is 17.6 Å². The molecule has 0 amide bonds. The Bertz CT molecular complexity index is 773. The van der Waals surface area contributed by atoms with Gasteiger partial charge in [-0.1, -0.05) is 48.0 Å². The molecular formula is C23H32ClN5. The van der Waals surface area contributed by atoms with Crippen molar-refractivity contribution in [2.45, 2.75) is 26.1 Å². The van der Waals surface area contributed by atoms with E-state index in [2.05, 4.69) is 56.7 Å². The summed E-state index contributed by atoms with van der Waals surface area (Å²) in [5, 5.41) is 7.47. The van der Waals surface area contributed by atoms with Crippen LogP contribution in [0.25, 0.3) is 0 Å². The number of hydrogen-bond donors (Lipinski definition) is 2. The van der Waals surface area contributed by atoms with Crippen molar-refractivity contribution in [3.63, 3.8) is 0 Å². The highest BCUT2D eigenvalue weighted by Gasteiger charge is 2.12. The van der Waals surface area contributed by atoms with Crippen LogP contribution in [0.1, 0.15) is 23.1 Å². The zero-order valence-electron chi connectivity index (χ0n) is 17.5. The highest BCUT2D eigenvalue weighted by Crippen LogP contribution is 2.11. The van der Waals surface area contributed by atoms with Crippen LogP contribution in [0.2, 0.25) is 5.02 Å². The molecule has 1 saturated heterocycles. The van der Waals surface area contributed by atoms with Gasteiger partial charge in [0.15, 0.2) is 5.96 Å². The minimum absolute atomic E-state index is 0.709. The highest BCUT2D eigenvalue weighted by atomic mass is 35.5. The Morgan fingerprint density at radius 1 is 0.862 bits per heavy atom. The maximum absolute atomic E-state index is 5.94. The van der Waals surface area contributed by atoms with Gasteiger partial charge >= 0.3 is 0 Å². The number of likely N-dealkylation sites (N-methyl/N-ethyl adjacent to an activating group) is 1. The van der Waals surface area contributed by atoms with Crippen molar-refractivity contribution in [2.75, 3.05) is 40.3 Å². The summed E-state index contributed by atoms with van der Waals surface area (Å²) in [6, 6.07) is 16.7. The van der Waals surface area contributed by atoms with E-state index in [1.165, 1.54) is 36.2 Å². The molecule has 6 heteroatoms. The molecule has 0 saturated carbocycles. The maximum Gasteiger partial charge on any atom is 0.191 e. The molecule has 0 aliphatic carbocycles. The van der Waals surface area contributed by atoms with Gasteiger partial charge in [0.25, 0.3) is 0 Å². The summed E-state index contributed by atoms with van der Waals surface area (Å²) in [7, 11) is 4.00. The van der Waals surface area contributed by atoms with Crippen molar-refractivity contribution in [3.05, 3.63) is 70.2 Å². The molecule has 2 aromatic rings. The molecule has 1 aliphatic rings. The van der Waals surface area contributed by atoms with Gasteiger partial charge in [-0.15, -0.1) is 0 Å². The molecule has 1 aliphatic heterocycles. The summed E-state index contributed by atoms with van der Waals surface area (Å²) in [6.07, 6.45) is 1.25. The van der Waals surface area contributed by atoms with Gasteiger partial charge in [-0.2, -0.15) is 0 Å². The lowest BCUT2D eigenvalue weighted by Crippen LogP contribution is -2.36. The molecule has 0 unspecified atom stereocenters. The average molecular weight is 414 g/mol. The van der Waals surface area contributed by atoms with Gasteiger partial charge < -0.3 is 15.5 Å². The largest absolute Gasteiger partial charge is 0.352 e. The van der Waals surface area contributed by atoms with Gasteiger partial charge in [0.05, 0.1) is 0 Å². The smallest absolute Gasteiger partial charge is 0.191 e. The summed E-state index contributed by atoms with van der Waals surface area (Å²) in [5.74, 6) is 0.790.